The number of rotatable bonds is 3. The molecule has 2 saturated heterocycles. The summed E-state index contributed by atoms with van der Waals surface area (Å²) in [4.78, 5) is 41.0. The lowest BCUT2D eigenvalue weighted by atomic mass is 9.65. The first-order valence-electron chi connectivity index (χ1n) is 11.5. The van der Waals surface area contributed by atoms with Gasteiger partial charge in [-0.3, -0.25) is 19.7 Å². The Morgan fingerprint density at radius 3 is 2.29 bits per heavy atom. The molecule has 2 aliphatic heterocycles. The molecule has 2 bridgehead atoms. The van der Waals surface area contributed by atoms with Gasteiger partial charge in [0, 0.05) is 18.7 Å². The maximum Gasteiger partial charge on any atom is 0.294 e. The Kier molecular flexibility index (Phi) is 4.47. The molecule has 31 heavy (non-hydrogen) atoms. The van der Waals surface area contributed by atoms with E-state index in [-0.39, 0.29) is 51.1 Å². The maximum absolute atomic E-state index is 13.0. The van der Waals surface area contributed by atoms with E-state index in [1.54, 1.807) is 12.1 Å². The van der Waals surface area contributed by atoms with Crippen LogP contribution in [0.5, 0.6) is 0 Å². The van der Waals surface area contributed by atoms with Gasteiger partial charge in [0.25, 0.3) is 5.69 Å². The summed E-state index contributed by atoms with van der Waals surface area (Å²) in [5.74, 6) is -0.911. The largest absolute Gasteiger partial charge is 0.362 e. The van der Waals surface area contributed by atoms with Gasteiger partial charge in [-0.2, -0.15) is 0 Å². The van der Waals surface area contributed by atoms with Crippen molar-refractivity contribution in [3.05, 3.63) is 28.3 Å². The zero-order chi connectivity index (χ0) is 22.1. The van der Waals surface area contributed by atoms with Crippen LogP contribution >= 0.6 is 0 Å². The third kappa shape index (κ3) is 3.24. The van der Waals surface area contributed by atoms with Crippen molar-refractivity contribution in [2.24, 2.45) is 22.7 Å². The Morgan fingerprint density at radius 1 is 1.03 bits per heavy atom. The Labute approximate surface area is 182 Å². The number of nitro groups is 1. The number of imide groups is 1. The van der Waals surface area contributed by atoms with Crippen LogP contribution in [0.3, 0.4) is 0 Å². The minimum atomic E-state index is -0.368. The second kappa shape index (κ2) is 6.78. The smallest absolute Gasteiger partial charge is 0.294 e. The van der Waals surface area contributed by atoms with Gasteiger partial charge in [-0.1, -0.05) is 33.6 Å². The molecule has 0 spiro atoms. The van der Waals surface area contributed by atoms with Crippen molar-refractivity contribution in [2.75, 3.05) is 16.3 Å². The van der Waals surface area contributed by atoms with Crippen LogP contribution in [0.15, 0.2) is 18.2 Å². The normalized spacial score (nSPS) is 34.2. The predicted molar refractivity (Wildman–Crippen MR) is 118 cm³/mol. The molecule has 1 aromatic carbocycles. The Bertz CT molecular complexity index is 950. The molecule has 166 valence electrons. The number of carbonyl (C=O) groups excluding carboxylic acids is 2. The molecular formula is C24H31N3O4. The lowest BCUT2D eigenvalue weighted by Gasteiger charge is -2.39. The number of nitrogens with zero attached hydrogens (tertiary/aromatic N) is 3. The first-order chi connectivity index (χ1) is 14.6. The van der Waals surface area contributed by atoms with Crippen LogP contribution in [0.4, 0.5) is 17.1 Å². The fourth-order valence-electron chi connectivity index (χ4n) is 7.20. The summed E-state index contributed by atoms with van der Waals surface area (Å²) < 4.78 is 0. The molecular weight excluding hydrogens is 394 g/mol. The molecule has 4 unspecified atom stereocenters. The third-order valence-electron chi connectivity index (χ3n) is 7.98. The number of hydrogen-bond donors (Lipinski definition) is 0. The van der Waals surface area contributed by atoms with Crippen molar-refractivity contribution >= 4 is 28.9 Å². The molecule has 4 atom stereocenters. The molecule has 0 aromatic heterocycles. The lowest BCUT2D eigenvalue weighted by Crippen LogP contribution is -2.35. The van der Waals surface area contributed by atoms with E-state index in [2.05, 4.69) is 25.7 Å². The van der Waals surface area contributed by atoms with Gasteiger partial charge in [0.05, 0.1) is 22.4 Å². The second-order valence-electron chi connectivity index (χ2n) is 11.3. The van der Waals surface area contributed by atoms with Crippen LogP contribution in [0, 0.1) is 32.8 Å². The summed E-state index contributed by atoms with van der Waals surface area (Å²) in [5, 5.41) is 12.0. The van der Waals surface area contributed by atoms with E-state index in [0.717, 1.165) is 51.5 Å². The van der Waals surface area contributed by atoms with Crippen molar-refractivity contribution in [1.29, 1.82) is 0 Å². The molecule has 5 rings (SSSR count). The lowest BCUT2D eigenvalue weighted by molar-refractivity contribution is -0.384. The monoisotopic (exact) mass is 425 g/mol. The van der Waals surface area contributed by atoms with E-state index >= 15 is 0 Å². The van der Waals surface area contributed by atoms with Crippen LogP contribution in [0.2, 0.25) is 0 Å². The van der Waals surface area contributed by atoms with Crippen LogP contribution < -0.4 is 9.80 Å². The molecule has 0 N–H and O–H groups in total. The van der Waals surface area contributed by atoms with Gasteiger partial charge in [-0.05, 0) is 55.1 Å². The van der Waals surface area contributed by atoms with E-state index in [4.69, 9.17) is 0 Å². The number of amides is 2. The zero-order valence-corrected chi connectivity index (χ0v) is 18.6. The fraction of sp³-hybridized carbons (Fsp3) is 0.667. The SMILES string of the molecule is CC1(C)CC2CC(C)(CN2c2ccc(N3C(=O)C4CCCCC4C3=O)cc2[N+](=O)[O-])C1. The Morgan fingerprint density at radius 2 is 1.68 bits per heavy atom. The highest BCUT2D eigenvalue weighted by Crippen LogP contribution is 2.54. The number of fused-ring (bicyclic) bond motifs is 3. The number of benzene rings is 1. The van der Waals surface area contributed by atoms with Gasteiger partial charge in [0.2, 0.25) is 11.8 Å². The van der Waals surface area contributed by atoms with E-state index in [0.29, 0.717) is 11.4 Å². The fourth-order valence-corrected chi connectivity index (χ4v) is 7.20. The molecule has 0 radical (unpaired) electrons. The molecule has 2 aliphatic carbocycles. The van der Waals surface area contributed by atoms with Crippen LogP contribution in [0.25, 0.3) is 0 Å². The van der Waals surface area contributed by atoms with Crippen LogP contribution in [0.1, 0.15) is 65.7 Å². The standard InChI is InChI=1S/C24H31N3O4/c1-23(2)11-16-12-24(3,13-23)14-25(16)19-9-8-15(10-20(19)27(30)31)26-21(28)17-6-4-5-7-18(17)22(26)29/h8-10,16-18H,4-7,11-14H2,1-3H3. The van der Waals surface area contributed by atoms with Gasteiger partial charge in [0.1, 0.15) is 5.69 Å². The van der Waals surface area contributed by atoms with Gasteiger partial charge < -0.3 is 4.90 Å². The number of anilines is 2. The summed E-state index contributed by atoms with van der Waals surface area (Å²) >= 11 is 0. The average Bonchev–Trinajstić information content (AvgIpc) is 3.10. The molecule has 2 saturated carbocycles. The molecule has 2 heterocycles. The summed E-state index contributed by atoms with van der Waals surface area (Å²) in [6.45, 7) is 7.64. The molecule has 1 aromatic rings. The highest BCUT2D eigenvalue weighted by atomic mass is 16.6. The highest BCUT2D eigenvalue weighted by Gasteiger charge is 2.51. The summed E-state index contributed by atoms with van der Waals surface area (Å²) in [6, 6.07) is 5.20. The average molecular weight is 426 g/mol. The first-order valence-corrected chi connectivity index (χ1v) is 11.5. The number of hydrogen-bond acceptors (Lipinski definition) is 5. The Balaban J connectivity index is 1.50. The predicted octanol–water partition coefficient (Wildman–Crippen LogP) is 4.68. The Hall–Kier alpha value is -2.44. The minimum absolute atomic E-state index is 0.0121. The quantitative estimate of drug-likeness (QED) is 0.399. The summed E-state index contributed by atoms with van der Waals surface area (Å²) in [5.41, 5.74) is 1.30. The van der Waals surface area contributed by atoms with Crippen molar-refractivity contribution in [1.82, 2.24) is 0 Å². The topological polar surface area (TPSA) is 83.8 Å². The van der Waals surface area contributed by atoms with Crippen LogP contribution in [-0.2, 0) is 9.59 Å². The number of carbonyl (C=O) groups is 2. The highest BCUT2D eigenvalue weighted by molar-refractivity contribution is 6.22. The summed E-state index contributed by atoms with van der Waals surface area (Å²) in [6.07, 6.45) is 6.54. The van der Waals surface area contributed by atoms with Gasteiger partial charge in [0.15, 0.2) is 0 Å². The first kappa shape index (κ1) is 20.5. The molecule has 4 aliphatic rings. The second-order valence-corrected chi connectivity index (χ2v) is 11.3. The molecule has 2 amide bonds. The van der Waals surface area contributed by atoms with Crippen molar-refractivity contribution < 1.29 is 14.5 Å². The van der Waals surface area contributed by atoms with Gasteiger partial charge in [-0.15, -0.1) is 0 Å². The van der Waals surface area contributed by atoms with E-state index in [9.17, 15) is 19.7 Å². The van der Waals surface area contributed by atoms with Gasteiger partial charge >= 0.3 is 0 Å². The zero-order valence-electron chi connectivity index (χ0n) is 18.6. The molecule has 7 heteroatoms. The number of nitro benzene ring substituents is 1. The van der Waals surface area contributed by atoms with E-state index in [1.807, 2.05) is 0 Å². The molecule has 7 nitrogen and oxygen atoms in total. The van der Waals surface area contributed by atoms with Crippen LogP contribution in [-0.4, -0.2) is 29.3 Å². The van der Waals surface area contributed by atoms with Crippen molar-refractivity contribution in [3.63, 3.8) is 0 Å². The maximum atomic E-state index is 13.0. The van der Waals surface area contributed by atoms with E-state index in [1.165, 1.54) is 11.0 Å². The minimum Gasteiger partial charge on any atom is -0.362 e. The molecule has 4 fully saturated rings. The van der Waals surface area contributed by atoms with Crippen molar-refractivity contribution in [3.8, 4) is 0 Å². The van der Waals surface area contributed by atoms with Crippen molar-refractivity contribution in [2.45, 2.75) is 71.8 Å². The third-order valence-corrected chi connectivity index (χ3v) is 7.98. The van der Waals surface area contributed by atoms with E-state index < -0.39 is 0 Å². The summed E-state index contributed by atoms with van der Waals surface area (Å²) in [7, 11) is 0. The van der Waals surface area contributed by atoms with Gasteiger partial charge in [-0.25, -0.2) is 4.90 Å².